The molecule has 1 amide bonds. The molecule has 0 bridgehead atoms. The van der Waals surface area contributed by atoms with Gasteiger partial charge in [0, 0.05) is 12.3 Å². The summed E-state index contributed by atoms with van der Waals surface area (Å²) in [6, 6.07) is 12.9. The van der Waals surface area contributed by atoms with Gasteiger partial charge in [0.25, 0.3) is 11.8 Å². The van der Waals surface area contributed by atoms with Crippen molar-refractivity contribution in [1.82, 2.24) is 10.1 Å². The van der Waals surface area contributed by atoms with Crippen LogP contribution in [0.25, 0.3) is 0 Å². The van der Waals surface area contributed by atoms with E-state index in [9.17, 15) is 4.79 Å². The van der Waals surface area contributed by atoms with E-state index >= 15 is 0 Å². The largest absolute Gasteiger partial charge is 0.489 e. The predicted octanol–water partition coefficient (Wildman–Crippen LogP) is 2.69. The highest BCUT2D eigenvalue weighted by molar-refractivity contribution is 6.05. The van der Waals surface area contributed by atoms with E-state index in [-0.39, 0.29) is 17.5 Å². The van der Waals surface area contributed by atoms with Crippen LogP contribution in [-0.2, 0) is 6.61 Å². The van der Waals surface area contributed by atoms with E-state index in [1.165, 1.54) is 6.07 Å². The number of hydrogen-bond donors (Lipinski definition) is 0. The summed E-state index contributed by atoms with van der Waals surface area (Å²) in [7, 11) is 0. The topological polar surface area (TPSA) is 77.7 Å². The van der Waals surface area contributed by atoms with Crippen LogP contribution in [0.5, 0.6) is 11.6 Å². The molecule has 0 spiro atoms. The first kappa shape index (κ1) is 15.2. The Morgan fingerprint density at radius 2 is 2.12 bits per heavy atom. The molecule has 1 aliphatic heterocycles. The van der Waals surface area contributed by atoms with Gasteiger partial charge in [-0.25, -0.2) is 0 Å². The molecule has 7 heteroatoms. The van der Waals surface area contributed by atoms with Gasteiger partial charge in [0.2, 0.25) is 5.76 Å². The molecule has 0 saturated carbocycles. The number of nitrogens with zero attached hydrogens (tertiary/aromatic N) is 3. The van der Waals surface area contributed by atoms with Crippen LogP contribution in [0.1, 0.15) is 16.1 Å². The Hall–Kier alpha value is -3.35. The lowest BCUT2D eigenvalue weighted by Gasteiger charge is -2.27. The second-order valence-electron chi connectivity index (χ2n) is 5.45. The van der Waals surface area contributed by atoms with Gasteiger partial charge in [0.15, 0.2) is 0 Å². The molecular formula is C18H15N3O4. The van der Waals surface area contributed by atoms with Crippen molar-refractivity contribution in [3.63, 3.8) is 0 Å². The van der Waals surface area contributed by atoms with Crippen LogP contribution in [0.3, 0.4) is 0 Å². The fraction of sp³-hybridized carbons (Fsp3) is 0.167. The van der Waals surface area contributed by atoms with Crippen LogP contribution in [0.15, 0.2) is 59.4 Å². The third-order valence-corrected chi connectivity index (χ3v) is 3.80. The van der Waals surface area contributed by atoms with Crippen molar-refractivity contribution in [3.8, 4) is 11.6 Å². The summed E-state index contributed by atoms with van der Waals surface area (Å²) in [5.74, 6) is 0.695. The summed E-state index contributed by atoms with van der Waals surface area (Å²) in [6.07, 6.45) is 3.21. The maximum atomic E-state index is 12.7. The third-order valence-electron chi connectivity index (χ3n) is 3.80. The Labute approximate surface area is 143 Å². The molecule has 126 valence electrons. The summed E-state index contributed by atoms with van der Waals surface area (Å²) < 4.78 is 16.3. The molecule has 0 radical (unpaired) electrons. The van der Waals surface area contributed by atoms with E-state index in [0.717, 1.165) is 5.56 Å². The molecule has 3 aromatic rings. The molecule has 0 atom stereocenters. The van der Waals surface area contributed by atoms with Gasteiger partial charge >= 0.3 is 0 Å². The number of benzene rings is 1. The van der Waals surface area contributed by atoms with Gasteiger partial charge in [-0.3, -0.25) is 14.7 Å². The van der Waals surface area contributed by atoms with Crippen LogP contribution in [-0.4, -0.2) is 29.2 Å². The minimum Gasteiger partial charge on any atom is -0.489 e. The third kappa shape index (κ3) is 3.16. The summed E-state index contributed by atoms with van der Waals surface area (Å²) >= 11 is 0. The molecule has 0 saturated heterocycles. The van der Waals surface area contributed by atoms with Crippen LogP contribution < -0.4 is 14.4 Å². The maximum absolute atomic E-state index is 12.7. The Kier molecular flexibility index (Phi) is 4.04. The van der Waals surface area contributed by atoms with Gasteiger partial charge in [0.05, 0.1) is 18.8 Å². The first-order valence-corrected chi connectivity index (χ1v) is 7.83. The maximum Gasteiger partial charge on any atom is 0.297 e. The number of pyridine rings is 1. The lowest BCUT2D eigenvalue weighted by Crippen LogP contribution is -2.37. The zero-order valence-corrected chi connectivity index (χ0v) is 13.3. The number of amides is 1. The number of anilines is 1. The SMILES string of the molecule is O=C(c1cc(OCc2ccccc2)no1)N1CCOc2ccncc21. The van der Waals surface area contributed by atoms with Crippen molar-refractivity contribution in [2.75, 3.05) is 18.1 Å². The zero-order chi connectivity index (χ0) is 17.1. The average molecular weight is 337 g/mol. The molecule has 1 aliphatic rings. The summed E-state index contributed by atoms with van der Waals surface area (Å²) in [5, 5.41) is 3.81. The highest BCUT2D eigenvalue weighted by Gasteiger charge is 2.27. The second-order valence-corrected chi connectivity index (χ2v) is 5.45. The Morgan fingerprint density at radius 3 is 3.00 bits per heavy atom. The number of carbonyl (C=O) groups is 1. The molecule has 0 aliphatic carbocycles. The van der Waals surface area contributed by atoms with Gasteiger partial charge < -0.3 is 14.0 Å². The fourth-order valence-corrected chi connectivity index (χ4v) is 2.57. The van der Waals surface area contributed by atoms with Crippen molar-refractivity contribution in [2.24, 2.45) is 0 Å². The molecule has 4 rings (SSSR count). The first-order valence-electron chi connectivity index (χ1n) is 7.83. The predicted molar refractivity (Wildman–Crippen MR) is 88.7 cm³/mol. The first-order chi connectivity index (χ1) is 12.3. The van der Waals surface area contributed by atoms with Gasteiger partial charge in [-0.05, 0) is 10.7 Å². The molecule has 0 N–H and O–H groups in total. The van der Waals surface area contributed by atoms with Gasteiger partial charge in [-0.2, -0.15) is 0 Å². The van der Waals surface area contributed by atoms with Crippen molar-refractivity contribution < 1.29 is 18.8 Å². The second kappa shape index (κ2) is 6.64. The Morgan fingerprint density at radius 1 is 1.24 bits per heavy atom. The zero-order valence-electron chi connectivity index (χ0n) is 13.3. The summed E-state index contributed by atoms with van der Waals surface area (Å²) in [5.41, 5.74) is 1.62. The molecule has 7 nitrogen and oxygen atoms in total. The Balaban J connectivity index is 1.48. The number of hydrogen-bond acceptors (Lipinski definition) is 6. The van der Waals surface area contributed by atoms with E-state index < -0.39 is 0 Å². The lowest BCUT2D eigenvalue weighted by molar-refractivity contribution is 0.0940. The van der Waals surface area contributed by atoms with Crippen molar-refractivity contribution in [2.45, 2.75) is 6.61 Å². The molecule has 2 aromatic heterocycles. The Bertz CT molecular complexity index is 879. The highest BCUT2D eigenvalue weighted by Crippen LogP contribution is 2.31. The highest BCUT2D eigenvalue weighted by atomic mass is 16.5. The summed E-state index contributed by atoms with van der Waals surface area (Å²) in [4.78, 5) is 18.3. The monoisotopic (exact) mass is 337 g/mol. The number of rotatable bonds is 4. The average Bonchev–Trinajstić information content (AvgIpc) is 3.15. The van der Waals surface area contributed by atoms with E-state index in [1.807, 2.05) is 30.3 Å². The fourth-order valence-electron chi connectivity index (χ4n) is 2.57. The molecule has 0 unspecified atom stereocenters. The minimum absolute atomic E-state index is 0.111. The smallest absolute Gasteiger partial charge is 0.297 e. The van der Waals surface area contributed by atoms with Gasteiger partial charge in [-0.15, -0.1) is 0 Å². The lowest BCUT2D eigenvalue weighted by atomic mass is 10.2. The van der Waals surface area contributed by atoms with Crippen LogP contribution in [0, 0.1) is 0 Å². The number of fused-ring (bicyclic) bond motifs is 1. The summed E-state index contributed by atoms with van der Waals surface area (Å²) in [6.45, 7) is 1.18. The van der Waals surface area contributed by atoms with E-state index in [1.54, 1.807) is 23.4 Å². The van der Waals surface area contributed by atoms with Crippen molar-refractivity contribution in [1.29, 1.82) is 0 Å². The standard InChI is InChI=1S/C18H15N3O4/c22-18(21-8-9-23-15-6-7-19-11-14(15)21)16-10-17(20-25-16)24-12-13-4-2-1-3-5-13/h1-7,10-11H,8-9,12H2. The van der Waals surface area contributed by atoms with Gasteiger partial charge in [0.1, 0.15) is 24.7 Å². The number of carbonyl (C=O) groups excluding carboxylic acids is 1. The molecule has 0 fully saturated rings. The van der Waals surface area contributed by atoms with Crippen molar-refractivity contribution >= 4 is 11.6 Å². The van der Waals surface area contributed by atoms with E-state index in [4.69, 9.17) is 14.0 Å². The van der Waals surface area contributed by atoms with Crippen LogP contribution >= 0.6 is 0 Å². The van der Waals surface area contributed by atoms with Crippen LogP contribution in [0.4, 0.5) is 5.69 Å². The van der Waals surface area contributed by atoms with Gasteiger partial charge in [-0.1, -0.05) is 30.3 Å². The van der Waals surface area contributed by atoms with E-state index in [0.29, 0.717) is 31.2 Å². The quantitative estimate of drug-likeness (QED) is 0.728. The minimum atomic E-state index is -0.306. The molecular weight excluding hydrogens is 322 g/mol. The number of ether oxygens (including phenoxy) is 2. The molecule has 1 aromatic carbocycles. The van der Waals surface area contributed by atoms with Crippen molar-refractivity contribution in [3.05, 3.63) is 66.2 Å². The normalized spacial score (nSPS) is 13.0. The van der Waals surface area contributed by atoms with Crippen LogP contribution in [0.2, 0.25) is 0 Å². The molecule has 3 heterocycles. The number of aromatic nitrogens is 2. The molecule has 25 heavy (non-hydrogen) atoms. The van der Waals surface area contributed by atoms with E-state index in [2.05, 4.69) is 10.1 Å².